The summed E-state index contributed by atoms with van der Waals surface area (Å²) in [7, 11) is 0. The molecular formula is C41H53NO15. The van der Waals surface area contributed by atoms with Gasteiger partial charge in [0.2, 0.25) is 5.78 Å². The first kappa shape index (κ1) is 42.2. The number of allylic oxidation sites excluding steroid dienone is 1. The van der Waals surface area contributed by atoms with Crippen LogP contribution in [0.5, 0.6) is 0 Å². The number of aliphatic hydroxyl groups excluding tert-OH is 2. The molecule has 312 valence electrons. The molecule has 1 unspecified atom stereocenters. The van der Waals surface area contributed by atoms with Crippen LogP contribution < -0.4 is 5.32 Å². The predicted octanol–water partition coefficient (Wildman–Crippen LogP) is 2.68. The maximum absolute atomic E-state index is 15.3. The van der Waals surface area contributed by atoms with Gasteiger partial charge >= 0.3 is 30.0 Å². The Hall–Kier alpha value is -4.38. The molecule has 1 amide bonds. The molecule has 0 spiro atoms. The van der Waals surface area contributed by atoms with E-state index in [4.69, 9.17) is 28.4 Å². The van der Waals surface area contributed by atoms with Crippen molar-refractivity contribution in [1.29, 1.82) is 0 Å². The fourth-order valence-electron chi connectivity index (χ4n) is 9.68. The number of alkyl carbamates (subject to hydrolysis) is 1. The third kappa shape index (κ3) is 7.12. The molecule has 0 radical (unpaired) electrons. The van der Waals surface area contributed by atoms with E-state index in [2.05, 4.69) is 5.32 Å². The molecule has 1 aromatic rings. The normalized spacial score (nSPS) is 35.1. The number of Topliss-reactive ketones (excluding diaryl/α,β-unsaturated/α-hetero) is 1. The number of hydrogen-bond donors (Lipinski definition) is 4. The molecular weight excluding hydrogens is 746 g/mol. The van der Waals surface area contributed by atoms with Gasteiger partial charge in [0.1, 0.15) is 23.9 Å². The highest BCUT2D eigenvalue weighted by Crippen LogP contribution is 2.65. The Labute approximate surface area is 330 Å². The average Bonchev–Trinajstić information content (AvgIpc) is 3.97. The number of esters is 4. The smallest absolute Gasteiger partial charge is 0.407 e. The Kier molecular flexibility index (Phi) is 11.2. The Morgan fingerprint density at radius 3 is 2.18 bits per heavy atom. The lowest BCUT2D eigenvalue weighted by Crippen LogP contribution is -2.81. The summed E-state index contributed by atoms with van der Waals surface area (Å²) in [4.78, 5) is 81.7. The van der Waals surface area contributed by atoms with Gasteiger partial charge in [0.15, 0.2) is 17.5 Å². The van der Waals surface area contributed by atoms with Crippen LogP contribution in [-0.2, 0) is 47.6 Å². The summed E-state index contributed by atoms with van der Waals surface area (Å²) in [5, 5.41) is 39.4. The summed E-state index contributed by atoms with van der Waals surface area (Å²) < 4.78 is 35.2. The van der Waals surface area contributed by atoms with E-state index in [1.54, 1.807) is 52.8 Å². The summed E-state index contributed by atoms with van der Waals surface area (Å²) in [6, 6.07) is 6.78. The largest absolute Gasteiger partial charge is 0.460 e. The molecule has 5 aliphatic rings. The summed E-state index contributed by atoms with van der Waals surface area (Å²) in [5.41, 5.74) is -7.70. The second-order valence-electron chi connectivity index (χ2n) is 17.1. The first-order valence-electron chi connectivity index (χ1n) is 19.4. The summed E-state index contributed by atoms with van der Waals surface area (Å²) in [6.07, 6.45) is -8.42. The molecule has 57 heavy (non-hydrogen) atoms. The van der Waals surface area contributed by atoms with Crippen LogP contribution in [0.25, 0.3) is 0 Å². The third-order valence-electron chi connectivity index (χ3n) is 12.8. The molecule has 1 aromatic carbocycles. The molecule has 4 aliphatic carbocycles. The number of ketones is 1. The van der Waals surface area contributed by atoms with Crippen molar-refractivity contribution in [2.24, 2.45) is 28.6 Å². The Morgan fingerprint density at radius 2 is 1.63 bits per heavy atom. The second kappa shape index (κ2) is 15.1. The third-order valence-corrected chi connectivity index (χ3v) is 12.8. The lowest BCUT2D eigenvalue weighted by Gasteiger charge is -2.67. The van der Waals surface area contributed by atoms with E-state index in [1.165, 1.54) is 19.1 Å². The van der Waals surface area contributed by atoms with Gasteiger partial charge in [-0.05, 0) is 57.2 Å². The van der Waals surface area contributed by atoms with Gasteiger partial charge in [0, 0.05) is 38.0 Å². The standard InChI is InChI=1S/C41H53NO15/c1-19(2)53-37(50)42-29(23-14-15-23)30(46)36(49)55-25-17-41(51)34(56-35(48)24-12-10-9-11-13-24)32-39(8,26(45)16-27-40(32,18-52-27)57-22(5)44)33(47)31(54-21(4)43)28(20(25)3)38(41,6)7/h9-13,19-20,23,25-27,29-30,32,34,45-46,51H,14-18H2,1-8H3,(H,42,50)/t20?,25-,26-,27+,29-,30+,32-,34-,39+,40-,41+/m0/s1. The molecule has 16 heteroatoms. The van der Waals surface area contributed by atoms with Crippen LogP contribution in [0.15, 0.2) is 41.7 Å². The highest BCUT2D eigenvalue weighted by Gasteiger charge is 2.78. The summed E-state index contributed by atoms with van der Waals surface area (Å²) in [5.74, 6) is -7.99. The van der Waals surface area contributed by atoms with Gasteiger partial charge in [0.25, 0.3) is 0 Å². The van der Waals surface area contributed by atoms with Crippen LogP contribution >= 0.6 is 0 Å². The lowest BCUT2D eigenvalue weighted by atomic mass is 9.45. The summed E-state index contributed by atoms with van der Waals surface area (Å²) >= 11 is 0. The number of rotatable bonds is 10. The first-order valence-corrected chi connectivity index (χ1v) is 19.4. The van der Waals surface area contributed by atoms with Crippen LogP contribution in [0, 0.1) is 28.6 Å². The van der Waals surface area contributed by atoms with Gasteiger partial charge in [-0.3, -0.25) is 14.4 Å². The Morgan fingerprint density at radius 1 is 0.982 bits per heavy atom. The molecule has 6 rings (SSSR count). The zero-order valence-electron chi connectivity index (χ0n) is 33.4. The van der Waals surface area contributed by atoms with Gasteiger partial charge < -0.3 is 49.1 Å². The number of ether oxygens (including phenoxy) is 6. The number of carbonyl (C=O) groups is 6. The maximum Gasteiger partial charge on any atom is 0.407 e. The SMILES string of the molecule is CC(=O)OC1=C2C(C)[C@@H](OC(=O)[C@H](O)[C@@H](NC(=O)OC(C)C)C3CC3)C[C@@](O)([C@@H](OC(=O)c3ccccc3)[C@@H]3[C@]4(OC(C)=O)CO[C@@H]4C[C@H](O)[C@@]3(C)C1=O)C2(C)C. The lowest BCUT2D eigenvalue weighted by molar-refractivity contribution is -0.345. The molecule has 3 saturated carbocycles. The molecule has 16 nitrogen and oxygen atoms in total. The van der Waals surface area contributed by atoms with Crippen LogP contribution in [0.2, 0.25) is 0 Å². The number of nitrogens with one attached hydrogen (secondary N) is 1. The van der Waals surface area contributed by atoms with Crippen molar-refractivity contribution in [1.82, 2.24) is 5.32 Å². The Balaban J connectivity index is 1.53. The van der Waals surface area contributed by atoms with E-state index >= 15 is 4.79 Å². The molecule has 0 aromatic heterocycles. The number of fused-ring (bicyclic) bond motifs is 5. The maximum atomic E-state index is 15.3. The van der Waals surface area contributed by atoms with Crippen molar-refractivity contribution in [2.75, 3.05) is 6.61 Å². The van der Waals surface area contributed by atoms with Crippen molar-refractivity contribution >= 4 is 35.8 Å². The van der Waals surface area contributed by atoms with E-state index in [1.807, 2.05) is 0 Å². The van der Waals surface area contributed by atoms with E-state index in [9.17, 15) is 39.3 Å². The van der Waals surface area contributed by atoms with Crippen LogP contribution in [-0.4, -0.2) is 112 Å². The van der Waals surface area contributed by atoms with Gasteiger partial charge in [-0.25, -0.2) is 14.4 Å². The van der Waals surface area contributed by atoms with Crippen molar-refractivity contribution < 1.29 is 72.5 Å². The monoisotopic (exact) mass is 799 g/mol. The van der Waals surface area contributed by atoms with Crippen molar-refractivity contribution in [3.05, 3.63) is 47.2 Å². The molecule has 2 bridgehead atoms. The fourth-order valence-corrected chi connectivity index (χ4v) is 9.68. The quantitative estimate of drug-likeness (QED) is 0.197. The van der Waals surface area contributed by atoms with E-state index in [-0.39, 0.29) is 30.1 Å². The first-order chi connectivity index (χ1) is 26.6. The zero-order valence-corrected chi connectivity index (χ0v) is 33.4. The van der Waals surface area contributed by atoms with Crippen molar-refractivity contribution in [3.63, 3.8) is 0 Å². The fraction of sp³-hybridized carbons (Fsp3) is 0.659. The molecule has 4 fully saturated rings. The van der Waals surface area contributed by atoms with Crippen molar-refractivity contribution in [2.45, 2.75) is 135 Å². The van der Waals surface area contributed by atoms with Gasteiger partial charge in [-0.15, -0.1) is 0 Å². The average molecular weight is 800 g/mol. The van der Waals surface area contributed by atoms with Gasteiger partial charge in [-0.2, -0.15) is 0 Å². The van der Waals surface area contributed by atoms with Crippen LogP contribution in [0.3, 0.4) is 0 Å². The van der Waals surface area contributed by atoms with E-state index in [0.717, 1.165) is 13.8 Å². The topological polar surface area (TPSA) is 231 Å². The van der Waals surface area contributed by atoms with Crippen LogP contribution in [0.1, 0.15) is 91.4 Å². The number of benzene rings is 1. The minimum Gasteiger partial charge on any atom is -0.460 e. The van der Waals surface area contributed by atoms with Gasteiger partial charge in [-0.1, -0.05) is 39.0 Å². The second-order valence-corrected chi connectivity index (χ2v) is 17.1. The number of carbonyl (C=O) groups excluding carboxylic acids is 6. The highest BCUT2D eigenvalue weighted by molar-refractivity contribution is 6.02. The van der Waals surface area contributed by atoms with Crippen molar-refractivity contribution in [3.8, 4) is 0 Å². The molecule has 1 aliphatic heterocycles. The molecule has 11 atom stereocenters. The molecule has 1 heterocycles. The number of amides is 1. The number of aliphatic hydroxyl groups is 3. The Bertz CT molecular complexity index is 1840. The van der Waals surface area contributed by atoms with E-state index in [0.29, 0.717) is 12.8 Å². The van der Waals surface area contributed by atoms with Gasteiger partial charge in [0.05, 0.1) is 41.8 Å². The molecule has 4 N–H and O–H groups in total. The minimum absolute atomic E-state index is 0.0160. The van der Waals surface area contributed by atoms with Crippen LogP contribution in [0.4, 0.5) is 4.79 Å². The number of hydrogen-bond acceptors (Lipinski definition) is 15. The van der Waals surface area contributed by atoms with E-state index < -0.39 is 124 Å². The highest BCUT2D eigenvalue weighted by atomic mass is 16.6. The summed E-state index contributed by atoms with van der Waals surface area (Å²) in [6.45, 7) is 11.3. The zero-order chi connectivity index (χ0) is 42.0. The predicted molar refractivity (Wildman–Crippen MR) is 196 cm³/mol. The minimum atomic E-state index is -2.35. The molecule has 1 saturated heterocycles.